The highest BCUT2D eigenvalue weighted by molar-refractivity contribution is 5.79. The first-order valence-corrected chi connectivity index (χ1v) is 6.64. The second kappa shape index (κ2) is 3.86. The van der Waals surface area contributed by atoms with Gasteiger partial charge in [-0.3, -0.25) is 0 Å². The summed E-state index contributed by atoms with van der Waals surface area (Å²) in [7, 11) is 0. The van der Waals surface area contributed by atoms with Crippen molar-refractivity contribution in [2.24, 2.45) is 5.73 Å². The molecule has 100 valence electrons. The van der Waals surface area contributed by atoms with Gasteiger partial charge in [-0.05, 0) is 31.0 Å². The summed E-state index contributed by atoms with van der Waals surface area (Å²) in [6.45, 7) is 1.84. The second-order valence-corrected chi connectivity index (χ2v) is 5.34. The Morgan fingerprint density at radius 2 is 2.05 bits per heavy atom. The van der Waals surface area contributed by atoms with Gasteiger partial charge in [0.2, 0.25) is 0 Å². The Balaban J connectivity index is 1.81. The van der Waals surface area contributed by atoms with Gasteiger partial charge in [0.15, 0.2) is 11.5 Å². The summed E-state index contributed by atoms with van der Waals surface area (Å²) in [5, 5.41) is 0. The molecule has 2 aromatic heterocycles. The van der Waals surface area contributed by atoms with E-state index in [9.17, 15) is 0 Å². The molecular formula is C15H14N4O. The molecule has 2 heterocycles. The highest BCUT2D eigenvalue weighted by Crippen LogP contribution is 2.41. The summed E-state index contributed by atoms with van der Waals surface area (Å²) < 4.78 is 5.56. The number of fused-ring (bicyclic) bond motifs is 1. The Hall–Kier alpha value is -2.27. The van der Waals surface area contributed by atoms with Crippen LogP contribution in [0.4, 0.5) is 0 Å². The first-order valence-electron chi connectivity index (χ1n) is 6.64. The molecule has 0 aliphatic heterocycles. The lowest BCUT2D eigenvalue weighted by Crippen LogP contribution is -2.22. The molecule has 1 aromatic carbocycles. The molecule has 0 bridgehead atoms. The van der Waals surface area contributed by atoms with Crippen molar-refractivity contribution in [2.45, 2.75) is 25.3 Å². The minimum Gasteiger partial charge on any atom is -0.441 e. The topological polar surface area (TPSA) is 77.8 Å². The van der Waals surface area contributed by atoms with Gasteiger partial charge in [-0.1, -0.05) is 6.07 Å². The van der Waals surface area contributed by atoms with E-state index < -0.39 is 0 Å². The van der Waals surface area contributed by atoms with Crippen molar-refractivity contribution >= 4 is 11.1 Å². The molecule has 5 nitrogen and oxygen atoms in total. The minimum atomic E-state index is -0.317. The van der Waals surface area contributed by atoms with Crippen LogP contribution in [-0.2, 0) is 5.54 Å². The fourth-order valence-corrected chi connectivity index (χ4v) is 2.32. The van der Waals surface area contributed by atoms with Gasteiger partial charge in [-0.15, -0.1) is 0 Å². The molecule has 3 aromatic rings. The predicted molar refractivity (Wildman–Crippen MR) is 74.9 cm³/mol. The highest BCUT2D eigenvalue weighted by atomic mass is 16.3. The maximum atomic E-state index is 6.16. The number of nitrogens with zero attached hydrogens (tertiary/aromatic N) is 3. The molecule has 0 saturated heterocycles. The number of aromatic nitrogens is 3. The summed E-state index contributed by atoms with van der Waals surface area (Å²) in [6, 6.07) is 7.78. The van der Waals surface area contributed by atoms with Crippen LogP contribution >= 0.6 is 0 Å². The van der Waals surface area contributed by atoms with Crippen LogP contribution in [-0.4, -0.2) is 15.0 Å². The number of nitrogens with two attached hydrogens (primary N) is 1. The van der Waals surface area contributed by atoms with Crippen molar-refractivity contribution in [3.8, 4) is 11.3 Å². The van der Waals surface area contributed by atoms with E-state index in [1.807, 2.05) is 31.2 Å². The summed E-state index contributed by atoms with van der Waals surface area (Å²) >= 11 is 0. The van der Waals surface area contributed by atoms with Crippen molar-refractivity contribution in [3.05, 3.63) is 42.2 Å². The van der Waals surface area contributed by atoms with Crippen LogP contribution in [0.3, 0.4) is 0 Å². The SMILES string of the molecule is Cc1nc2ccc(-c3ccnc(C4(N)CC4)n3)cc2o1. The van der Waals surface area contributed by atoms with Crippen LogP contribution in [0.25, 0.3) is 22.4 Å². The summed E-state index contributed by atoms with van der Waals surface area (Å²) in [5.41, 5.74) is 9.32. The van der Waals surface area contributed by atoms with Crippen LogP contribution in [0.2, 0.25) is 0 Å². The third kappa shape index (κ3) is 1.78. The van der Waals surface area contributed by atoms with Gasteiger partial charge >= 0.3 is 0 Å². The van der Waals surface area contributed by atoms with Crippen LogP contribution in [0.1, 0.15) is 24.6 Å². The van der Waals surface area contributed by atoms with Gasteiger partial charge < -0.3 is 10.2 Å². The number of rotatable bonds is 2. The molecule has 1 fully saturated rings. The predicted octanol–water partition coefficient (Wildman–Crippen LogP) is 2.54. The van der Waals surface area contributed by atoms with Gasteiger partial charge in [0.1, 0.15) is 11.3 Å². The van der Waals surface area contributed by atoms with Crippen molar-refractivity contribution in [3.63, 3.8) is 0 Å². The van der Waals surface area contributed by atoms with Gasteiger partial charge in [-0.2, -0.15) is 0 Å². The van der Waals surface area contributed by atoms with Crippen LogP contribution in [0.15, 0.2) is 34.9 Å². The molecule has 1 aliphatic carbocycles. The Morgan fingerprint density at radius 3 is 2.85 bits per heavy atom. The van der Waals surface area contributed by atoms with E-state index in [-0.39, 0.29) is 5.54 Å². The fourth-order valence-electron chi connectivity index (χ4n) is 2.32. The number of oxazole rings is 1. The number of aryl methyl sites for hydroxylation is 1. The molecule has 0 amide bonds. The molecule has 0 atom stereocenters. The van der Waals surface area contributed by atoms with Crippen LogP contribution in [0.5, 0.6) is 0 Å². The monoisotopic (exact) mass is 266 g/mol. The van der Waals surface area contributed by atoms with Crippen LogP contribution < -0.4 is 5.73 Å². The number of hydrogen-bond donors (Lipinski definition) is 1. The zero-order chi connectivity index (χ0) is 13.7. The van der Waals surface area contributed by atoms with Crippen molar-refractivity contribution in [1.82, 2.24) is 15.0 Å². The molecule has 2 N–H and O–H groups in total. The molecule has 0 radical (unpaired) electrons. The Kier molecular flexibility index (Phi) is 2.23. The Labute approximate surface area is 115 Å². The lowest BCUT2D eigenvalue weighted by Gasteiger charge is -2.08. The molecule has 4 rings (SSSR count). The van der Waals surface area contributed by atoms with Crippen molar-refractivity contribution < 1.29 is 4.42 Å². The number of benzene rings is 1. The van der Waals surface area contributed by atoms with Crippen molar-refractivity contribution in [2.75, 3.05) is 0 Å². The molecule has 20 heavy (non-hydrogen) atoms. The maximum absolute atomic E-state index is 6.16. The van der Waals surface area contributed by atoms with E-state index in [2.05, 4.69) is 15.0 Å². The zero-order valence-corrected chi connectivity index (χ0v) is 11.1. The Morgan fingerprint density at radius 1 is 1.20 bits per heavy atom. The van der Waals surface area contributed by atoms with E-state index in [0.717, 1.165) is 41.0 Å². The quantitative estimate of drug-likeness (QED) is 0.771. The van der Waals surface area contributed by atoms with Gasteiger partial charge in [-0.25, -0.2) is 15.0 Å². The summed E-state index contributed by atoms with van der Waals surface area (Å²) in [4.78, 5) is 13.2. The normalized spacial score (nSPS) is 16.5. The molecule has 1 aliphatic rings. The molecular weight excluding hydrogens is 252 g/mol. The Bertz CT molecular complexity index is 804. The molecule has 5 heteroatoms. The minimum absolute atomic E-state index is 0.317. The summed E-state index contributed by atoms with van der Waals surface area (Å²) in [6.07, 6.45) is 3.67. The standard InChI is InChI=1S/C15H14N4O/c1-9-18-12-3-2-10(8-13(12)20-9)11-4-7-17-14(19-11)15(16)5-6-15/h2-4,7-8H,5-6,16H2,1H3. The highest BCUT2D eigenvalue weighted by Gasteiger charge is 2.43. The first-order chi connectivity index (χ1) is 9.64. The fraction of sp³-hybridized carbons (Fsp3) is 0.267. The largest absolute Gasteiger partial charge is 0.441 e. The summed E-state index contributed by atoms with van der Waals surface area (Å²) in [5.74, 6) is 1.39. The number of hydrogen-bond acceptors (Lipinski definition) is 5. The smallest absolute Gasteiger partial charge is 0.192 e. The lowest BCUT2D eigenvalue weighted by molar-refractivity contribution is 0.561. The molecule has 0 spiro atoms. The first kappa shape index (κ1) is 11.5. The van der Waals surface area contributed by atoms with E-state index in [1.165, 1.54) is 0 Å². The van der Waals surface area contributed by atoms with Crippen LogP contribution in [0, 0.1) is 6.92 Å². The average Bonchev–Trinajstić information content (AvgIpc) is 3.09. The second-order valence-electron chi connectivity index (χ2n) is 5.34. The third-order valence-electron chi connectivity index (χ3n) is 3.68. The van der Waals surface area contributed by atoms with E-state index in [0.29, 0.717) is 5.89 Å². The van der Waals surface area contributed by atoms with E-state index >= 15 is 0 Å². The van der Waals surface area contributed by atoms with Gasteiger partial charge in [0.25, 0.3) is 0 Å². The average molecular weight is 266 g/mol. The van der Waals surface area contributed by atoms with E-state index in [1.54, 1.807) is 6.20 Å². The lowest BCUT2D eigenvalue weighted by atomic mass is 10.1. The van der Waals surface area contributed by atoms with Gasteiger partial charge in [0, 0.05) is 18.7 Å². The van der Waals surface area contributed by atoms with Crippen molar-refractivity contribution in [1.29, 1.82) is 0 Å². The third-order valence-corrected chi connectivity index (χ3v) is 3.68. The molecule has 1 saturated carbocycles. The van der Waals surface area contributed by atoms with Gasteiger partial charge in [0.05, 0.1) is 11.2 Å². The zero-order valence-electron chi connectivity index (χ0n) is 11.1. The maximum Gasteiger partial charge on any atom is 0.192 e. The molecule has 0 unspecified atom stereocenters. The van der Waals surface area contributed by atoms with E-state index in [4.69, 9.17) is 10.2 Å².